The van der Waals surface area contributed by atoms with E-state index in [4.69, 9.17) is 9.84 Å². The predicted octanol–water partition coefficient (Wildman–Crippen LogP) is 2.08. The molecule has 0 amide bonds. The summed E-state index contributed by atoms with van der Waals surface area (Å²) in [5.41, 5.74) is 2.65. The first-order chi connectivity index (χ1) is 11.3. The fraction of sp³-hybridized carbons (Fsp3) is 0.188. The SMILES string of the molecule is COc1ccc(Nc2ccccc2-c2nnn(CCO)n2)cc1. The predicted molar refractivity (Wildman–Crippen MR) is 86.6 cm³/mol. The molecule has 0 saturated carbocycles. The number of hydrogen-bond acceptors (Lipinski definition) is 6. The van der Waals surface area contributed by atoms with Crippen LogP contribution in [0.4, 0.5) is 11.4 Å². The van der Waals surface area contributed by atoms with Crippen molar-refractivity contribution in [1.29, 1.82) is 0 Å². The van der Waals surface area contributed by atoms with Crippen molar-refractivity contribution in [1.82, 2.24) is 20.2 Å². The van der Waals surface area contributed by atoms with Gasteiger partial charge in [-0.15, -0.1) is 10.2 Å². The topological polar surface area (TPSA) is 85.1 Å². The van der Waals surface area contributed by atoms with E-state index in [2.05, 4.69) is 20.7 Å². The van der Waals surface area contributed by atoms with Crippen molar-refractivity contribution in [2.24, 2.45) is 0 Å². The average molecular weight is 311 g/mol. The molecule has 0 atom stereocenters. The van der Waals surface area contributed by atoms with Gasteiger partial charge in [0.2, 0.25) is 5.82 Å². The fourth-order valence-electron chi connectivity index (χ4n) is 2.15. The van der Waals surface area contributed by atoms with Crippen LogP contribution in [0.1, 0.15) is 0 Å². The summed E-state index contributed by atoms with van der Waals surface area (Å²) < 4.78 is 5.16. The molecule has 0 unspecified atom stereocenters. The van der Waals surface area contributed by atoms with Crippen LogP contribution in [0.3, 0.4) is 0 Å². The normalized spacial score (nSPS) is 10.5. The maximum Gasteiger partial charge on any atom is 0.207 e. The Labute approximate surface area is 133 Å². The number of anilines is 2. The third-order valence-electron chi connectivity index (χ3n) is 3.29. The lowest BCUT2D eigenvalue weighted by Crippen LogP contribution is -2.05. The second kappa shape index (κ2) is 6.89. The van der Waals surface area contributed by atoms with Crippen molar-refractivity contribution < 1.29 is 9.84 Å². The van der Waals surface area contributed by atoms with Crippen LogP contribution in [0.15, 0.2) is 48.5 Å². The number of nitrogens with zero attached hydrogens (tertiary/aromatic N) is 4. The Hall–Kier alpha value is -2.93. The molecule has 0 bridgehead atoms. The van der Waals surface area contributed by atoms with Crippen LogP contribution in [-0.2, 0) is 6.54 Å². The Morgan fingerprint density at radius 2 is 1.91 bits per heavy atom. The van der Waals surface area contributed by atoms with E-state index in [0.29, 0.717) is 12.4 Å². The van der Waals surface area contributed by atoms with Gasteiger partial charge in [0, 0.05) is 16.9 Å². The summed E-state index contributed by atoms with van der Waals surface area (Å²) in [7, 11) is 1.64. The molecular weight excluding hydrogens is 294 g/mol. The number of rotatable bonds is 6. The monoisotopic (exact) mass is 311 g/mol. The number of hydrogen-bond donors (Lipinski definition) is 2. The molecular formula is C16H17N5O2. The Morgan fingerprint density at radius 3 is 2.65 bits per heavy atom. The van der Waals surface area contributed by atoms with E-state index in [1.807, 2.05) is 48.5 Å². The second-order valence-electron chi connectivity index (χ2n) is 4.83. The van der Waals surface area contributed by atoms with Crippen LogP contribution >= 0.6 is 0 Å². The highest BCUT2D eigenvalue weighted by atomic mass is 16.5. The van der Waals surface area contributed by atoms with Gasteiger partial charge in [-0.25, -0.2) is 0 Å². The standard InChI is InChI=1S/C16H17N5O2/c1-23-13-8-6-12(7-9-13)17-15-5-3-2-4-14(15)16-18-20-21(19-16)10-11-22/h2-9,17,22H,10-11H2,1H3. The highest BCUT2D eigenvalue weighted by Crippen LogP contribution is 2.28. The fourth-order valence-corrected chi connectivity index (χ4v) is 2.15. The van der Waals surface area contributed by atoms with Crippen LogP contribution < -0.4 is 10.1 Å². The molecule has 0 aliphatic carbocycles. The van der Waals surface area contributed by atoms with Gasteiger partial charge in [-0.3, -0.25) is 0 Å². The first kappa shape index (κ1) is 15.0. The highest BCUT2D eigenvalue weighted by molar-refractivity contribution is 5.77. The lowest BCUT2D eigenvalue weighted by Gasteiger charge is -2.10. The highest BCUT2D eigenvalue weighted by Gasteiger charge is 2.10. The van der Waals surface area contributed by atoms with Crippen molar-refractivity contribution in [2.75, 3.05) is 19.0 Å². The number of ether oxygens (including phenoxy) is 1. The molecule has 2 aromatic carbocycles. The largest absolute Gasteiger partial charge is 0.497 e. The smallest absolute Gasteiger partial charge is 0.207 e. The molecule has 0 spiro atoms. The lowest BCUT2D eigenvalue weighted by molar-refractivity contribution is 0.259. The summed E-state index contributed by atoms with van der Waals surface area (Å²) in [5.74, 6) is 1.31. The van der Waals surface area contributed by atoms with E-state index >= 15 is 0 Å². The van der Waals surface area contributed by atoms with Gasteiger partial charge in [-0.05, 0) is 41.6 Å². The van der Waals surface area contributed by atoms with Crippen molar-refractivity contribution in [2.45, 2.75) is 6.54 Å². The van der Waals surface area contributed by atoms with Crippen LogP contribution in [0.25, 0.3) is 11.4 Å². The van der Waals surface area contributed by atoms with E-state index in [1.165, 1.54) is 4.80 Å². The van der Waals surface area contributed by atoms with Gasteiger partial charge in [-0.2, -0.15) is 4.80 Å². The Morgan fingerprint density at radius 1 is 1.13 bits per heavy atom. The lowest BCUT2D eigenvalue weighted by atomic mass is 10.1. The van der Waals surface area contributed by atoms with E-state index in [0.717, 1.165) is 22.7 Å². The van der Waals surface area contributed by atoms with Gasteiger partial charge >= 0.3 is 0 Å². The van der Waals surface area contributed by atoms with Crippen molar-refractivity contribution in [3.63, 3.8) is 0 Å². The number of tetrazole rings is 1. The maximum absolute atomic E-state index is 8.94. The van der Waals surface area contributed by atoms with Crippen molar-refractivity contribution in [3.8, 4) is 17.1 Å². The van der Waals surface area contributed by atoms with E-state index in [9.17, 15) is 0 Å². The van der Waals surface area contributed by atoms with Gasteiger partial charge in [-0.1, -0.05) is 12.1 Å². The van der Waals surface area contributed by atoms with Crippen LogP contribution in [-0.4, -0.2) is 39.0 Å². The third kappa shape index (κ3) is 3.46. The Bertz CT molecular complexity index is 770. The number of aromatic nitrogens is 4. The minimum atomic E-state index is -0.0262. The van der Waals surface area contributed by atoms with Crippen molar-refractivity contribution >= 4 is 11.4 Å². The molecule has 0 fully saturated rings. The van der Waals surface area contributed by atoms with Crippen LogP contribution in [0.5, 0.6) is 5.75 Å². The molecule has 1 aromatic heterocycles. The van der Waals surface area contributed by atoms with Gasteiger partial charge < -0.3 is 15.2 Å². The molecule has 3 rings (SSSR count). The first-order valence-corrected chi connectivity index (χ1v) is 7.19. The van der Waals surface area contributed by atoms with Gasteiger partial charge in [0.15, 0.2) is 0 Å². The van der Waals surface area contributed by atoms with E-state index in [1.54, 1.807) is 7.11 Å². The Balaban J connectivity index is 1.87. The molecule has 7 nitrogen and oxygen atoms in total. The van der Waals surface area contributed by atoms with E-state index < -0.39 is 0 Å². The molecule has 1 heterocycles. The summed E-state index contributed by atoms with van der Waals surface area (Å²) in [5, 5.41) is 24.5. The summed E-state index contributed by atoms with van der Waals surface area (Å²) in [4.78, 5) is 1.37. The molecule has 23 heavy (non-hydrogen) atoms. The number of methoxy groups -OCH3 is 1. The third-order valence-corrected chi connectivity index (χ3v) is 3.29. The molecule has 7 heteroatoms. The summed E-state index contributed by atoms with van der Waals surface area (Å²) >= 11 is 0. The molecule has 2 N–H and O–H groups in total. The zero-order chi connectivity index (χ0) is 16.1. The molecule has 0 aliphatic heterocycles. The zero-order valence-electron chi connectivity index (χ0n) is 12.7. The molecule has 3 aromatic rings. The van der Waals surface area contributed by atoms with Gasteiger partial charge in [0.25, 0.3) is 0 Å². The van der Waals surface area contributed by atoms with Crippen molar-refractivity contribution in [3.05, 3.63) is 48.5 Å². The quantitative estimate of drug-likeness (QED) is 0.725. The molecule has 0 radical (unpaired) electrons. The van der Waals surface area contributed by atoms with Gasteiger partial charge in [0.05, 0.1) is 20.3 Å². The molecule has 0 aliphatic rings. The van der Waals surface area contributed by atoms with E-state index in [-0.39, 0.29) is 6.61 Å². The average Bonchev–Trinajstić information content (AvgIpc) is 3.05. The molecule has 0 saturated heterocycles. The minimum absolute atomic E-state index is 0.0262. The summed E-state index contributed by atoms with van der Waals surface area (Å²) in [6.07, 6.45) is 0. The zero-order valence-corrected chi connectivity index (χ0v) is 12.7. The number of aliphatic hydroxyl groups is 1. The Kier molecular flexibility index (Phi) is 4.49. The van der Waals surface area contributed by atoms with Crippen LogP contribution in [0, 0.1) is 0 Å². The summed E-state index contributed by atoms with van der Waals surface area (Å²) in [6, 6.07) is 15.4. The maximum atomic E-state index is 8.94. The number of benzene rings is 2. The number of aliphatic hydroxyl groups excluding tert-OH is 1. The molecule has 118 valence electrons. The van der Waals surface area contributed by atoms with Crippen LogP contribution in [0.2, 0.25) is 0 Å². The first-order valence-electron chi connectivity index (χ1n) is 7.19. The minimum Gasteiger partial charge on any atom is -0.497 e. The number of nitrogens with one attached hydrogen (secondary N) is 1. The number of para-hydroxylation sites is 1. The van der Waals surface area contributed by atoms with Gasteiger partial charge in [0.1, 0.15) is 5.75 Å². The second-order valence-corrected chi connectivity index (χ2v) is 4.83. The summed E-state index contributed by atoms with van der Waals surface area (Å²) in [6.45, 7) is 0.294.